The van der Waals surface area contributed by atoms with Crippen molar-refractivity contribution in [3.05, 3.63) is 0 Å². The maximum absolute atomic E-state index is 12.4. The van der Waals surface area contributed by atoms with Gasteiger partial charge in [-0.2, -0.15) is 26.3 Å². The molecule has 0 aromatic heterocycles. The molecule has 0 radical (unpaired) electrons. The molecule has 2 nitrogen and oxygen atoms in total. The van der Waals surface area contributed by atoms with Gasteiger partial charge in [0.1, 0.15) is 0 Å². The number of carbonyl (C=O) groups excluding carboxylic acids is 1. The molecule has 1 amide bonds. The Morgan fingerprint density at radius 1 is 1.11 bits per heavy atom. The number of carbonyl (C=O) groups is 1. The molecule has 0 aliphatic carbocycles. The minimum Gasteiger partial charge on any atom is -0.342 e. The summed E-state index contributed by atoms with van der Waals surface area (Å²) in [5, 5.41) is 0. The standard InChI is InChI=1S/C11H15F6NO/c1-2-7-3-5-18(6-4-7)9(19)8(10(12,13)14)11(15,16)17/h7-8H,2-6H2,1H3. The van der Waals surface area contributed by atoms with Gasteiger partial charge in [0.15, 0.2) is 0 Å². The Hall–Kier alpha value is -0.950. The Morgan fingerprint density at radius 3 is 1.84 bits per heavy atom. The molecule has 1 aliphatic rings. The van der Waals surface area contributed by atoms with Crippen molar-refractivity contribution in [1.29, 1.82) is 0 Å². The second-order valence-electron chi connectivity index (χ2n) is 4.69. The van der Waals surface area contributed by atoms with Crippen molar-refractivity contribution in [3.8, 4) is 0 Å². The summed E-state index contributed by atoms with van der Waals surface area (Å²) in [6, 6.07) is 0. The SMILES string of the molecule is CCC1CCN(C(=O)C(C(F)(F)F)C(F)(F)F)CC1. The van der Waals surface area contributed by atoms with E-state index < -0.39 is 24.2 Å². The third-order valence-corrected chi connectivity index (χ3v) is 3.41. The van der Waals surface area contributed by atoms with Gasteiger partial charge < -0.3 is 4.90 Å². The first-order valence-electron chi connectivity index (χ1n) is 5.99. The van der Waals surface area contributed by atoms with Crippen molar-refractivity contribution in [1.82, 2.24) is 4.90 Å². The predicted octanol–water partition coefficient (Wildman–Crippen LogP) is 3.38. The Bertz CT molecular complexity index is 302. The van der Waals surface area contributed by atoms with Crippen molar-refractivity contribution in [2.75, 3.05) is 13.1 Å². The largest absolute Gasteiger partial charge is 0.409 e. The number of halogens is 6. The summed E-state index contributed by atoms with van der Waals surface area (Å²) in [4.78, 5) is 12.2. The van der Waals surface area contributed by atoms with Gasteiger partial charge >= 0.3 is 12.4 Å². The average Bonchev–Trinajstić information content (AvgIpc) is 2.25. The summed E-state index contributed by atoms with van der Waals surface area (Å²) in [6.07, 6.45) is -9.49. The summed E-state index contributed by atoms with van der Waals surface area (Å²) < 4.78 is 74.4. The lowest BCUT2D eigenvalue weighted by molar-refractivity contribution is -0.277. The number of rotatable bonds is 2. The smallest absolute Gasteiger partial charge is 0.342 e. The summed E-state index contributed by atoms with van der Waals surface area (Å²) >= 11 is 0. The van der Waals surface area contributed by atoms with E-state index in [1.807, 2.05) is 6.92 Å². The van der Waals surface area contributed by atoms with Gasteiger partial charge in [-0.3, -0.25) is 4.79 Å². The predicted molar refractivity (Wildman–Crippen MR) is 55.2 cm³/mol. The van der Waals surface area contributed by atoms with Crippen LogP contribution in [0.3, 0.4) is 0 Å². The second-order valence-corrected chi connectivity index (χ2v) is 4.69. The highest BCUT2D eigenvalue weighted by atomic mass is 19.4. The average molecular weight is 291 g/mol. The molecule has 1 saturated heterocycles. The first kappa shape index (κ1) is 16.1. The van der Waals surface area contributed by atoms with Crippen LogP contribution in [-0.4, -0.2) is 36.2 Å². The fourth-order valence-corrected chi connectivity index (χ4v) is 2.21. The van der Waals surface area contributed by atoms with Crippen LogP contribution in [0.25, 0.3) is 0 Å². The molecule has 112 valence electrons. The zero-order chi connectivity index (χ0) is 14.8. The maximum Gasteiger partial charge on any atom is 0.409 e. The molecule has 0 unspecified atom stereocenters. The second kappa shape index (κ2) is 5.58. The number of hydrogen-bond donors (Lipinski definition) is 0. The Morgan fingerprint density at radius 2 is 1.53 bits per heavy atom. The van der Waals surface area contributed by atoms with Gasteiger partial charge in [0.05, 0.1) is 0 Å². The third kappa shape index (κ3) is 4.01. The molecule has 0 bridgehead atoms. The van der Waals surface area contributed by atoms with Crippen LogP contribution >= 0.6 is 0 Å². The van der Waals surface area contributed by atoms with Crippen LogP contribution in [0.5, 0.6) is 0 Å². The quantitative estimate of drug-likeness (QED) is 0.714. The highest BCUT2D eigenvalue weighted by molar-refractivity contribution is 5.80. The van der Waals surface area contributed by atoms with Crippen LogP contribution < -0.4 is 0 Å². The minimum absolute atomic E-state index is 0.0417. The van der Waals surface area contributed by atoms with E-state index in [2.05, 4.69) is 0 Å². The lowest BCUT2D eigenvalue weighted by Crippen LogP contribution is -2.51. The molecule has 8 heteroatoms. The molecule has 0 N–H and O–H groups in total. The Labute approximate surface area is 106 Å². The first-order chi connectivity index (χ1) is 8.57. The molecule has 0 atom stereocenters. The number of alkyl halides is 6. The maximum atomic E-state index is 12.4. The van der Waals surface area contributed by atoms with Crippen molar-refractivity contribution in [2.45, 2.75) is 38.5 Å². The van der Waals surface area contributed by atoms with E-state index in [1.54, 1.807) is 0 Å². The lowest BCUT2D eigenvalue weighted by atomic mass is 9.93. The minimum atomic E-state index is -5.60. The van der Waals surface area contributed by atoms with Gasteiger partial charge in [-0.25, -0.2) is 0 Å². The van der Waals surface area contributed by atoms with Crippen molar-refractivity contribution < 1.29 is 31.1 Å². The van der Waals surface area contributed by atoms with Gasteiger partial charge in [-0.15, -0.1) is 0 Å². The van der Waals surface area contributed by atoms with Gasteiger partial charge in [-0.1, -0.05) is 13.3 Å². The van der Waals surface area contributed by atoms with Crippen LogP contribution in [0.1, 0.15) is 26.2 Å². The highest BCUT2D eigenvalue weighted by Gasteiger charge is 2.62. The van der Waals surface area contributed by atoms with E-state index in [0.29, 0.717) is 17.7 Å². The molecular weight excluding hydrogens is 276 g/mol. The van der Waals surface area contributed by atoms with Gasteiger partial charge in [0.25, 0.3) is 0 Å². The van der Waals surface area contributed by atoms with E-state index in [9.17, 15) is 31.1 Å². The molecule has 1 fully saturated rings. The molecule has 1 rings (SSSR count). The zero-order valence-corrected chi connectivity index (χ0v) is 10.3. The fraction of sp³-hybridized carbons (Fsp3) is 0.909. The Kier molecular flexibility index (Phi) is 4.73. The third-order valence-electron chi connectivity index (χ3n) is 3.41. The molecule has 0 aromatic rings. The summed E-state index contributed by atoms with van der Waals surface area (Å²) in [5.41, 5.74) is 0. The summed E-state index contributed by atoms with van der Waals surface area (Å²) in [6.45, 7) is 1.82. The lowest BCUT2D eigenvalue weighted by Gasteiger charge is -2.34. The molecule has 1 heterocycles. The number of nitrogens with zero attached hydrogens (tertiary/aromatic N) is 1. The number of amides is 1. The number of likely N-dealkylation sites (tertiary alicyclic amines) is 1. The molecule has 19 heavy (non-hydrogen) atoms. The van der Waals surface area contributed by atoms with E-state index in [0.717, 1.165) is 6.42 Å². The molecule has 0 spiro atoms. The van der Waals surface area contributed by atoms with Gasteiger partial charge in [-0.05, 0) is 18.8 Å². The number of hydrogen-bond acceptors (Lipinski definition) is 1. The molecule has 1 aliphatic heterocycles. The summed E-state index contributed by atoms with van der Waals surface area (Å²) in [5.74, 6) is -5.52. The van der Waals surface area contributed by atoms with Crippen LogP contribution in [-0.2, 0) is 4.79 Å². The van der Waals surface area contributed by atoms with Crippen molar-refractivity contribution >= 4 is 5.91 Å². The number of piperidine rings is 1. The normalized spacial score (nSPS) is 19.1. The fourth-order valence-electron chi connectivity index (χ4n) is 2.21. The molecule has 0 saturated carbocycles. The zero-order valence-electron chi connectivity index (χ0n) is 10.3. The van der Waals surface area contributed by atoms with Crippen LogP contribution in [0.2, 0.25) is 0 Å². The molecule has 0 aromatic carbocycles. The Balaban J connectivity index is 2.79. The van der Waals surface area contributed by atoms with Gasteiger partial charge in [0.2, 0.25) is 11.8 Å². The molecular formula is C11H15F6NO. The van der Waals surface area contributed by atoms with E-state index >= 15 is 0 Å². The monoisotopic (exact) mass is 291 g/mol. The van der Waals surface area contributed by atoms with Crippen molar-refractivity contribution in [3.63, 3.8) is 0 Å². The first-order valence-corrected chi connectivity index (χ1v) is 5.99. The van der Waals surface area contributed by atoms with Crippen LogP contribution in [0, 0.1) is 11.8 Å². The van der Waals surface area contributed by atoms with E-state index in [-0.39, 0.29) is 19.0 Å². The van der Waals surface area contributed by atoms with E-state index in [4.69, 9.17) is 0 Å². The topological polar surface area (TPSA) is 20.3 Å². The van der Waals surface area contributed by atoms with E-state index in [1.165, 1.54) is 0 Å². The van der Waals surface area contributed by atoms with Gasteiger partial charge in [0, 0.05) is 13.1 Å². The van der Waals surface area contributed by atoms with Crippen LogP contribution in [0.15, 0.2) is 0 Å². The van der Waals surface area contributed by atoms with Crippen molar-refractivity contribution in [2.24, 2.45) is 11.8 Å². The van der Waals surface area contributed by atoms with Crippen LogP contribution in [0.4, 0.5) is 26.3 Å². The highest BCUT2D eigenvalue weighted by Crippen LogP contribution is 2.40. The summed E-state index contributed by atoms with van der Waals surface area (Å²) in [7, 11) is 0.